The van der Waals surface area contributed by atoms with Crippen molar-refractivity contribution in [2.75, 3.05) is 13.1 Å². The van der Waals surface area contributed by atoms with Gasteiger partial charge in [0.2, 0.25) is 5.91 Å². The quantitative estimate of drug-likeness (QED) is 0.699. The number of benzene rings is 1. The van der Waals surface area contributed by atoms with Crippen molar-refractivity contribution in [2.45, 2.75) is 13.8 Å². The van der Waals surface area contributed by atoms with Gasteiger partial charge in [0.1, 0.15) is 5.82 Å². The molecule has 0 aromatic heterocycles. The molecule has 5 N–H and O–H groups in total. The van der Waals surface area contributed by atoms with Gasteiger partial charge in [0.25, 0.3) is 5.91 Å². The number of nitrogens with two attached hydrogens (primary N) is 2. The number of hydrogen-bond donors (Lipinski definition) is 3. The summed E-state index contributed by atoms with van der Waals surface area (Å²) in [5, 5.41) is 2.49. The lowest BCUT2D eigenvalue weighted by Crippen LogP contribution is -2.42. The minimum atomic E-state index is -0.904. The van der Waals surface area contributed by atoms with Crippen LogP contribution in [-0.4, -0.2) is 24.9 Å². The second-order valence-electron chi connectivity index (χ2n) is 5.13. The summed E-state index contributed by atoms with van der Waals surface area (Å²) < 4.78 is 13.9. The van der Waals surface area contributed by atoms with Crippen molar-refractivity contribution in [1.82, 2.24) is 5.32 Å². The molecule has 1 rings (SSSR count). The number of carbonyl (C=O) groups excluding carboxylic acids is 2. The zero-order valence-electron chi connectivity index (χ0n) is 12.0. The summed E-state index contributed by atoms with van der Waals surface area (Å²) in [6.45, 7) is 3.39. The average molecular weight is 291 g/mol. The van der Waals surface area contributed by atoms with E-state index in [1.807, 2.05) is 0 Å². The highest BCUT2D eigenvalue weighted by molar-refractivity contribution is 5.95. The average Bonchev–Trinajstić information content (AvgIpc) is 2.42. The highest BCUT2D eigenvalue weighted by Gasteiger charge is 2.26. The van der Waals surface area contributed by atoms with E-state index >= 15 is 0 Å². The normalized spacial score (nSPS) is 10.5. The van der Waals surface area contributed by atoms with Gasteiger partial charge in [0, 0.05) is 12.1 Å². The minimum absolute atomic E-state index is 0.0232. The fourth-order valence-electron chi connectivity index (χ4n) is 1.41. The second kappa shape index (κ2) is 6.86. The number of carbonyl (C=O) groups is 2. The van der Waals surface area contributed by atoms with Gasteiger partial charge in [-0.05, 0) is 32.0 Å². The maximum atomic E-state index is 13.9. The molecule has 0 radical (unpaired) electrons. The molecule has 0 saturated heterocycles. The van der Waals surface area contributed by atoms with E-state index in [1.165, 1.54) is 12.1 Å². The van der Waals surface area contributed by atoms with E-state index in [-0.39, 0.29) is 18.7 Å². The fourth-order valence-corrected chi connectivity index (χ4v) is 1.41. The van der Waals surface area contributed by atoms with Crippen LogP contribution in [0.3, 0.4) is 0 Å². The van der Waals surface area contributed by atoms with E-state index < -0.39 is 23.0 Å². The van der Waals surface area contributed by atoms with Gasteiger partial charge < -0.3 is 16.8 Å². The number of primary amides is 1. The van der Waals surface area contributed by atoms with Gasteiger partial charge in [0.05, 0.1) is 17.5 Å². The van der Waals surface area contributed by atoms with Crippen LogP contribution in [0.25, 0.3) is 0 Å². The van der Waals surface area contributed by atoms with Gasteiger partial charge in [-0.1, -0.05) is 11.8 Å². The van der Waals surface area contributed by atoms with Gasteiger partial charge in [0.15, 0.2) is 0 Å². The van der Waals surface area contributed by atoms with E-state index in [4.69, 9.17) is 11.5 Å². The van der Waals surface area contributed by atoms with Crippen LogP contribution in [0.1, 0.15) is 29.8 Å². The molecule has 0 saturated carbocycles. The standard InChI is InChI=1S/C15H18FN3O2/c1-15(2,14(18)21)9-19-13(20)11-6-5-10(4-3-7-17)8-12(11)16/h5-6,8H,7,9,17H2,1-2H3,(H2,18,21)(H,19,20). The summed E-state index contributed by atoms with van der Waals surface area (Å²) in [5.74, 6) is 3.43. The summed E-state index contributed by atoms with van der Waals surface area (Å²) in [6, 6.07) is 4.03. The van der Waals surface area contributed by atoms with E-state index in [1.54, 1.807) is 13.8 Å². The first-order chi connectivity index (χ1) is 9.77. The van der Waals surface area contributed by atoms with Gasteiger partial charge in [-0.2, -0.15) is 0 Å². The molecular formula is C15H18FN3O2. The Balaban J connectivity index is 2.82. The van der Waals surface area contributed by atoms with Crippen LogP contribution in [0.5, 0.6) is 0 Å². The molecule has 0 fully saturated rings. The van der Waals surface area contributed by atoms with Gasteiger partial charge >= 0.3 is 0 Å². The first-order valence-corrected chi connectivity index (χ1v) is 6.34. The lowest BCUT2D eigenvalue weighted by atomic mass is 9.92. The van der Waals surface area contributed by atoms with Crippen molar-refractivity contribution < 1.29 is 14.0 Å². The molecule has 0 aliphatic heterocycles. The molecule has 0 spiro atoms. The van der Waals surface area contributed by atoms with Crippen molar-refractivity contribution >= 4 is 11.8 Å². The Labute approximate surface area is 122 Å². The molecule has 21 heavy (non-hydrogen) atoms. The topological polar surface area (TPSA) is 98.2 Å². The highest BCUT2D eigenvalue weighted by Crippen LogP contribution is 2.14. The third kappa shape index (κ3) is 4.58. The molecule has 0 atom stereocenters. The lowest BCUT2D eigenvalue weighted by Gasteiger charge is -2.20. The van der Waals surface area contributed by atoms with E-state index in [0.717, 1.165) is 6.07 Å². The van der Waals surface area contributed by atoms with Crippen molar-refractivity contribution in [1.29, 1.82) is 0 Å². The molecule has 6 heteroatoms. The predicted molar refractivity (Wildman–Crippen MR) is 77.6 cm³/mol. The monoisotopic (exact) mass is 291 g/mol. The van der Waals surface area contributed by atoms with Gasteiger partial charge in [-0.15, -0.1) is 0 Å². The molecule has 2 amide bonds. The number of halogens is 1. The van der Waals surface area contributed by atoms with Crippen molar-refractivity contribution in [3.8, 4) is 11.8 Å². The first-order valence-electron chi connectivity index (χ1n) is 6.34. The zero-order chi connectivity index (χ0) is 16.0. The highest BCUT2D eigenvalue weighted by atomic mass is 19.1. The lowest BCUT2D eigenvalue weighted by molar-refractivity contribution is -0.125. The maximum absolute atomic E-state index is 13.9. The Kier molecular flexibility index (Phi) is 5.44. The van der Waals surface area contributed by atoms with Crippen LogP contribution in [0.4, 0.5) is 4.39 Å². The van der Waals surface area contributed by atoms with E-state index in [9.17, 15) is 14.0 Å². The Bertz CT molecular complexity index is 615. The largest absolute Gasteiger partial charge is 0.369 e. The number of hydrogen-bond acceptors (Lipinski definition) is 3. The molecule has 0 aliphatic rings. The maximum Gasteiger partial charge on any atom is 0.254 e. The molecule has 0 bridgehead atoms. The molecule has 1 aromatic carbocycles. The molecule has 0 unspecified atom stereocenters. The molecule has 1 aromatic rings. The van der Waals surface area contributed by atoms with Crippen molar-refractivity contribution in [3.63, 3.8) is 0 Å². The summed E-state index contributed by atoms with van der Waals surface area (Å²) in [4.78, 5) is 23.1. The van der Waals surface area contributed by atoms with Crippen LogP contribution < -0.4 is 16.8 Å². The molecule has 0 aliphatic carbocycles. The van der Waals surface area contributed by atoms with Crippen molar-refractivity contribution in [3.05, 3.63) is 35.1 Å². The van der Waals surface area contributed by atoms with Crippen molar-refractivity contribution in [2.24, 2.45) is 16.9 Å². The third-order valence-electron chi connectivity index (χ3n) is 2.91. The van der Waals surface area contributed by atoms with Crippen LogP contribution in [-0.2, 0) is 4.79 Å². The number of amides is 2. The Hall–Kier alpha value is -2.39. The molecular weight excluding hydrogens is 273 g/mol. The number of nitrogens with one attached hydrogen (secondary N) is 1. The van der Waals surface area contributed by atoms with Crippen LogP contribution in [0, 0.1) is 23.1 Å². The second-order valence-corrected chi connectivity index (χ2v) is 5.13. The van der Waals surface area contributed by atoms with Gasteiger partial charge in [-0.25, -0.2) is 4.39 Å². The number of rotatable bonds is 4. The summed E-state index contributed by atoms with van der Waals surface area (Å²) >= 11 is 0. The molecule has 112 valence electrons. The van der Waals surface area contributed by atoms with E-state index in [2.05, 4.69) is 17.2 Å². The Morgan fingerprint density at radius 2 is 2.05 bits per heavy atom. The summed E-state index contributed by atoms with van der Waals surface area (Å²) in [7, 11) is 0. The molecule has 5 nitrogen and oxygen atoms in total. The van der Waals surface area contributed by atoms with Crippen LogP contribution in [0.2, 0.25) is 0 Å². The van der Waals surface area contributed by atoms with E-state index in [0.29, 0.717) is 5.56 Å². The molecule has 0 heterocycles. The summed E-state index contributed by atoms with van der Waals surface area (Å²) in [5.41, 5.74) is 9.85. The van der Waals surface area contributed by atoms with Crippen LogP contribution >= 0.6 is 0 Å². The minimum Gasteiger partial charge on any atom is -0.369 e. The SMILES string of the molecule is CC(C)(CNC(=O)c1ccc(C#CCN)cc1F)C(N)=O. The smallest absolute Gasteiger partial charge is 0.254 e. The summed E-state index contributed by atoms with van der Waals surface area (Å²) in [6.07, 6.45) is 0. The predicted octanol–water partition coefficient (Wildman–Crippen LogP) is 0.377. The third-order valence-corrected chi connectivity index (χ3v) is 2.91. The first kappa shape index (κ1) is 16.7. The fraction of sp³-hybridized carbons (Fsp3) is 0.333. The van der Waals surface area contributed by atoms with Gasteiger partial charge in [-0.3, -0.25) is 9.59 Å². The zero-order valence-corrected chi connectivity index (χ0v) is 12.0. The Morgan fingerprint density at radius 1 is 1.38 bits per heavy atom. The van der Waals surface area contributed by atoms with Crippen LogP contribution in [0.15, 0.2) is 18.2 Å². The Morgan fingerprint density at radius 3 is 2.57 bits per heavy atom.